The second-order valence-electron chi connectivity index (χ2n) is 10.7. The fourth-order valence-corrected chi connectivity index (χ4v) is 4.58. The van der Waals surface area contributed by atoms with E-state index in [1.807, 2.05) is 69.3 Å². The number of hydrogen-bond acceptors (Lipinski definition) is 8. The Morgan fingerprint density at radius 3 is 2.34 bits per heavy atom. The van der Waals surface area contributed by atoms with Crippen molar-refractivity contribution in [2.75, 3.05) is 36.4 Å². The van der Waals surface area contributed by atoms with Crippen LogP contribution in [0.1, 0.15) is 31.1 Å². The number of aromatic nitrogens is 2. The number of fused-ring (bicyclic) bond motifs is 1. The zero-order valence-electron chi connectivity index (χ0n) is 23.0. The number of anilines is 2. The predicted octanol–water partition coefficient (Wildman–Crippen LogP) is 5.51. The number of nitrogens with one attached hydrogen (secondary N) is 1. The summed E-state index contributed by atoms with van der Waals surface area (Å²) in [5.41, 5.74) is 2.85. The maximum absolute atomic E-state index is 13.1. The van der Waals surface area contributed by atoms with Crippen LogP contribution in [0, 0.1) is 10.1 Å². The van der Waals surface area contributed by atoms with Gasteiger partial charge < -0.3 is 30.0 Å². The van der Waals surface area contributed by atoms with Gasteiger partial charge in [-0.15, -0.1) is 0 Å². The lowest BCUT2D eigenvalue weighted by Gasteiger charge is -2.36. The van der Waals surface area contributed by atoms with E-state index in [-0.39, 0.29) is 17.3 Å². The summed E-state index contributed by atoms with van der Waals surface area (Å²) in [5, 5.41) is 15.0. The quantitative estimate of drug-likeness (QED) is 0.252. The van der Waals surface area contributed by atoms with Crippen LogP contribution in [0.15, 0.2) is 73.1 Å². The lowest BCUT2D eigenvalue weighted by atomic mass is 10.1. The highest BCUT2D eigenvalue weighted by molar-refractivity contribution is 6.07. The Morgan fingerprint density at radius 1 is 0.927 bits per heavy atom. The Bertz CT molecular complexity index is 1610. The first-order valence-corrected chi connectivity index (χ1v) is 13.2. The molecule has 0 unspecified atom stereocenters. The van der Waals surface area contributed by atoms with Crippen LogP contribution in [0.2, 0.25) is 0 Å². The Kier molecular flexibility index (Phi) is 7.52. The number of pyridine rings is 2. The Labute approximate surface area is 236 Å². The van der Waals surface area contributed by atoms with E-state index in [9.17, 15) is 19.7 Å². The summed E-state index contributed by atoms with van der Waals surface area (Å²) in [5.74, 6) is -0.972. The molecule has 1 saturated heterocycles. The van der Waals surface area contributed by atoms with Crippen molar-refractivity contribution in [1.82, 2.24) is 14.9 Å². The Morgan fingerprint density at radius 2 is 1.66 bits per heavy atom. The maximum atomic E-state index is 13.1. The van der Waals surface area contributed by atoms with Gasteiger partial charge in [-0.25, -0.2) is 4.79 Å². The number of benzene rings is 2. The van der Waals surface area contributed by atoms with Gasteiger partial charge in [0, 0.05) is 49.0 Å². The smallest absolute Gasteiger partial charge is 0.410 e. The fraction of sp³-hybridized carbons (Fsp3) is 0.267. The van der Waals surface area contributed by atoms with Crippen LogP contribution < -0.4 is 10.2 Å². The molecule has 1 fully saturated rings. The van der Waals surface area contributed by atoms with Gasteiger partial charge >= 0.3 is 11.9 Å². The van der Waals surface area contributed by atoms with Crippen LogP contribution in [0.3, 0.4) is 0 Å². The predicted molar refractivity (Wildman–Crippen MR) is 156 cm³/mol. The highest BCUT2D eigenvalue weighted by Gasteiger charge is 2.26. The molecule has 3 heterocycles. The van der Waals surface area contributed by atoms with Crippen molar-refractivity contribution in [3.63, 3.8) is 0 Å². The van der Waals surface area contributed by atoms with Gasteiger partial charge in [-0.1, -0.05) is 36.4 Å². The highest BCUT2D eigenvalue weighted by Crippen LogP contribution is 2.29. The topological polar surface area (TPSA) is 131 Å². The summed E-state index contributed by atoms with van der Waals surface area (Å²) in [6, 6.07) is 18.3. The van der Waals surface area contributed by atoms with Crippen molar-refractivity contribution in [1.29, 1.82) is 0 Å². The highest BCUT2D eigenvalue weighted by atomic mass is 16.6. The molecule has 210 valence electrons. The molecule has 41 heavy (non-hydrogen) atoms. The van der Waals surface area contributed by atoms with Crippen molar-refractivity contribution in [3.05, 3.63) is 88.7 Å². The first-order valence-electron chi connectivity index (χ1n) is 13.2. The summed E-state index contributed by atoms with van der Waals surface area (Å²) < 4.78 is 5.48. The van der Waals surface area contributed by atoms with Gasteiger partial charge in [0.05, 0.1) is 11.1 Å². The SMILES string of the molecule is CC(C)(C)OC(=O)N1CCN(c2ccc3cc(C(=O)Nc4cc(-c5ccccc5)cnc4[N+](=O)[O-])cnc3c2)CC1. The number of ether oxygens (including phenoxy) is 1. The summed E-state index contributed by atoms with van der Waals surface area (Å²) in [7, 11) is 0. The van der Waals surface area contributed by atoms with Gasteiger partial charge in [-0.05, 0) is 60.5 Å². The Balaban J connectivity index is 1.30. The molecule has 1 N–H and O–H groups in total. The van der Waals surface area contributed by atoms with Crippen molar-refractivity contribution in [2.45, 2.75) is 26.4 Å². The molecule has 2 amide bonds. The van der Waals surface area contributed by atoms with Crippen LogP contribution in [-0.4, -0.2) is 63.6 Å². The van der Waals surface area contributed by atoms with E-state index in [0.717, 1.165) is 16.6 Å². The van der Waals surface area contributed by atoms with Crippen molar-refractivity contribution < 1.29 is 19.2 Å². The van der Waals surface area contributed by atoms with Gasteiger partial charge in [0.1, 0.15) is 17.5 Å². The third kappa shape index (κ3) is 6.40. The van der Waals surface area contributed by atoms with Crippen LogP contribution in [-0.2, 0) is 4.74 Å². The van der Waals surface area contributed by atoms with E-state index >= 15 is 0 Å². The van der Waals surface area contributed by atoms with E-state index in [1.54, 1.807) is 17.0 Å². The zero-order valence-corrected chi connectivity index (χ0v) is 23.0. The van der Waals surface area contributed by atoms with Crippen molar-refractivity contribution >= 4 is 40.1 Å². The number of rotatable bonds is 5. The van der Waals surface area contributed by atoms with Crippen molar-refractivity contribution in [3.8, 4) is 11.1 Å². The standard InChI is InChI=1S/C30H30N6O5/c1-30(2,3)41-29(38)35-13-11-34(12-14-35)24-10-9-21-15-23(19-31-25(21)17-24)28(37)33-26-16-22(18-32-27(26)36(39)40)20-7-5-4-6-8-20/h4-10,15-19H,11-14H2,1-3H3,(H,33,37). The molecule has 1 aliphatic rings. The molecule has 11 heteroatoms. The molecular weight excluding hydrogens is 524 g/mol. The van der Waals surface area contributed by atoms with Crippen LogP contribution in [0.4, 0.5) is 22.0 Å². The third-order valence-electron chi connectivity index (χ3n) is 6.62. The average molecular weight is 555 g/mol. The summed E-state index contributed by atoms with van der Waals surface area (Å²) >= 11 is 0. The van der Waals surface area contributed by atoms with E-state index in [0.29, 0.717) is 37.3 Å². The maximum Gasteiger partial charge on any atom is 0.410 e. The second kappa shape index (κ2) is 11.2. The molecule has 0 saturated carbocycles. The van der Waals surface area contributed by atoms with Gasteiger partial charge in [-0.3, -0.25) is 9.78 Å². The van der Waals surface area contributed by atoms with Gasteiger partial charge in [0.2, 0.25) is 0 Å². The number of piperazine rings is 1. The molecule has 0 bridgehead atoms. The average Bonchev–Trinajstić information content (AvgIpc) is 2.96. The minimum Gasteiger partial charge on any atom is -0.444 e. The largest absolute Gasteiger partial charge is 0.444 e. The Hall–Kier alpha value is -5.06. The minimum atomic E-state index is -0.627. The van der Waals surface area contributed by atoms with Crippen LogP contribution in [0.25, 0.3) is 22.0 Å². The molecule has 5 rings (SSSR count). The number of amides is 2. The minimum absolute atomic E-state index is 0.00215. The number of nitro groups is 1. The van der Waals surface area contributed by atoms with Gasteiger partial charge in [-0.2, -0.15) is 0 Å². The molecule has 0 atom stereocenters. The summed E-state index contributed by atoms with van der Waals surface area (Å²) in [6.45, 7) is 7.95. The molecule has 1 aliphatic heterocycles. The number of carbonyl (C=O) groups is 2. The van der Waals surface area contributed by atoms with Gasteiger partial charge in [0.15, 0.2) is 0 Å². The first kappa shape index (κ1) is 27.5. The summed E-state index contributed by atoms with van der Waals surface area (Å²) in [6.07, 6.45) is 2.55. The van der Waals surface area contributed by atoms with E-state index in [1.165, 1.54) is 12.4 Å². The van der Waals surface area contributed by atoms with Crippen molar-refractivity contribution in [2.24, 2.45) is 0 Å². The summed E-state index contributed by atoms with van der Waals surface area (Å²) in [4.78, 5) is 48.8. The lowest BCUT2D eigenvalue weighted by molar-refractivity contribution is -0.388. The fourth-order valence-electron chi connectivity index (χ4n) is 4.58. The van der Waals surface area contributed by atoms with Crippen LogP contribution >= 0.6 is 0 Å². The first-order chi connectivity index (χ1) is 19.6. The molecule has 0 spiro atoms. The molecule has 11 nitrogen and oxygen atoms in total. The molecule has 2 aromatic carbocycles. The van der Waals surface area contributed by atoms with Crippen LogP contribution in [0.5, 0.6) is 0 Å². The third-order valence-corrected chi connectivity index (χ3v) is 6.62. The lowest BCUT2D eigenvalue weighted by Crippen LogP contribution is -2.50. The normalized spacial score (nSPS) is 13.6. The van der Waals surface area contributed by atoms with E-state index in [2.05, 4.69) is 20.2 Å². The molecule has 0 aliphatic carbocycles. The van der Waals surface area contributed by atoms with E-state index < -0.39 is 22.2 Å². The molecule has 4 aromatic rings. The number of nitrogens with zero attached hydrogens (tertiary/aromatic N) is 5. The van der Waals surface area contributed by atoms with E-state index in [4.69, 9.17) is 4.74 Å². The molecule has 2 aromatic heterocycles. The zero-order chi connectivity index (χ0) is 29.1. The monoisotopic (exact) mass is 554 g/mol. The molecule has 0 radical (unpaired) electrons. The van der Waals surface area contributed by atoms with Gasteiger partial charge in [0.25, 0.3) is 5.91 Å². The second-order valence-corrected chi connectivity index (χ2v) is 10.7. The number of hydrogen-bond donors (Lipinski definition) is 1. The molecular formula is C30H30N6O5. The number of carbonyl (C=O) groups excluding carboxylic acids is 2.